The second-order valence-corrected chi connectivity index (χ2v) is 1.91. The van der Waals surface area contributed by atoms with Crippen LogP contribution in [0, 0.1) is 0 Å². The minimum atomic E-state index is -0.224. The van der Waals surface area contributed by atoms with Gasteiger partial charge in [-0.25, -0.2) is 0 Å². The van der Waals surface area contributed by atoms with E-state index in [4.69, 9.17) is 14.6 Å². The summed E-state index contributed by atoms with van der Waals surface area (Å²) in [6.07, 6.45) is 0.389. The minimum absolute atomic E-state index is 0.00171. The first kappa shape index (κ1) is 10.4. The lowest BCUT2D eigenvalue weighted by Crippen LogP contribution is -2.10. The predicted molar refractivity (Wildman–Crippen MR) is 39.2 cm³/mol. The van der Waals surface area contributed by atoms with Crippen molar-refractivity contribution in [3.8, 4) is 0 Å². The molecule has 0 aromatic heterocycles. The molecule has 4 nitrogen and oxygen atoms in total. The molecule has 0 aromatic rings. The van der Waals surface area contributed by atoms with Crippen LogP contribution in [-0.2, 0) is 14.3 Å². The van der Waals surface area contributed by atoms with Crippen LogP contribution in [0.3, 0.4) is 0 Å². The lowest BCUT2D eigenvalue weighted by Gasteiger charge is -2.02. The Bertz CT molecular complexity index is 103. The fraction of sp³-hybridized carbons (Fsp3) is 0.857. The van der Waals surface area contributed by atoms with Crippen molar-refractivity contribution in [3.05, 3.63) is 0 Å². The first-order valence-electron chi connectivity index (χ1n) is 3.65. The number of aliphatic hydroxyl groups is 1. The van der Waals surface area contributed by atoms with Gasteiger partial charge in [0.1, 0.15) is 6.61 Å². The molecule has 0 amide bonds. The van der Waals surface area contributed by atoms with E-state index in [0.29, 0.717) is 19.6 Å². The maximum Gasteiger partial charge on any atom is 0.305 e. The van der Waals surface area contributed by atoms with E-state index in [1.165, 1.54) is 0 Å². The molecule has 66 valence electrons. The number of carbonyl (C=O) groups is 1. The van der Waals surface area contributed by atoms with Gasteiger partial charge in [0.15, 0.2) is 0 Å². The Kier molecular flexibility index (Phi) is 7.08. The molecule has 11 heavy (non-hydrogen) atoms. The first-order valence-corrected chi connectivity index (χ1v) is 3.65. The number of aliphatic hydroxyl groups excluding tert-OH is 1. The van der Waals surface area contributed by atoms with E-state index in [-0.39, 0.29) is 19.2 Å². The summed E-state index contributed by atoms with van der Waals surface area (Å²) in [5, 5.41) is 8.29. The number of hydrogen-bond acceptors (Lipinski definition) is 4. The molecule has 0 aliphatic rings. The number of esters is 1. The average molecular weight is 162 g/mol. The van der Waals surface area contributed by atoms with Gasteiger partial charge in [0.05, 0.1) is 19.8 Å². The summed E-state index contributed by atoms with van der Waals surface area (Å²) in [6, 6.07) is 0. The van der Waals surface area contributed by atoms with Crippen LogP contribution in [-0.4, -0.2) is 37.5 Å². The highest BCUT2D eigenvalue weighted by molar-refractivity contribution is 5.68. The zero-order valence-electron chi connectivity index (χ0n) is 6.71. The zero-order chi connectivity index (χ0) is 8.53. The SMILES string of the molecule is CCC(=O)OCCOCCO. The Balaban J connectivity index is 2.95. The molecule has 0 heterocycles. The molecule has 0 fully saturated rings. The van der Waals surface area contributed by atoms with Crippen LogP contribution in [0.15, 0.2) is 0 Å². The molecule has 0 unspecified atom stereocenters. The third-order valence-corrected chi connectivity index (χ3v) is 1.02. The smallest absolute Gasteiger partial charge is 0.305 e. The first-order chi connectivity index (χ1) is 5.31. The lowest BCUT2D eigenvalue weighted by molar-refractivity contribution is -0.144. The third kappa shape index (κ3) is 7.29. The van der Waals surface area contributed by atoms with Gasteiger partial charge in [-0.1, -0.05) is 6.92 Å². The van der Waals surface area contributed by atoms with Crippen molar-refractivity contribution in [1.82, 2.24) is 0 Å². The maximum atomic E-state index is 10.5. The van der Waals surface area contributed by atoms with Crippen LogP contribution in [0.2, 0.25) is 0 Å². The van der Waals surface area contributed by atoms with Crippen molar-refractivity contribution in [3.63, 3.8) is 0 Å². The summed E-state index contributed by atoms with van der Waals surface area (Å²) in [4.78, 5) is 10.5. The predicted octanol–water partition coefficient (Wildman–Crippen LogP) is -0.0515. The highest BCUT2D eigenvalue weighted by atomic mass is 16.6. The number of carbonyl (C=O) groups excluding carboxylic acids is 1. The largest absolute Gasteiger partial charge is 0.463 e. The van der Waals surface area contributed by atoms with Crippen molar-refractivity contribution < 1.29 is 19.4 Å². The molecule has 0 rings (SSSR count). The van der Waals surface area contributed by atoms with Crippen molar-refractivity contribution >= 4 is 5.97 Å². The van der Waals surface area contributed by atoms with Crippen molar-refractivity contribution in [2.45, 2.75) is 13.3 Å². The zero-order valence-corrected chi connectivity index (χ0v) is 6.71. The van der Waals surface area contributed by atoms with Gasteiger partial charge >= 0.3 is 5.97 Å². The Hall–Kier alpha value is -0.610. The fourth-order valence-corrected chi connectivity index (χ4v) is 0.483. The van der Waals surface area contributed by atoms with Crippen molar-refractivity contribution in [2.24, 2.45) is 0 Å². The molecule has 0 spiro atoms. The molecule has 0 radical (unpaired) electrons. The Morgan fingerprint density at radius 2 is 2.09 bits per heavy atom. The molecule has 4 heteroatoms. The number of ether oxygens (including phenoxy) is 2. The molecule has 0 saturated carbocycles. The summed E-state index contributed by atoms with van der Waals surface area (Å²) in [5.74, 6) is -0.224. The summed E-state index contributed by atoms with van der Waals surface area (Å²) in [5.41, 5.74) is 0. The van der Waals surface area contributed by atoms with Gasteiger partial charge < -0.3 is 14.6 Å². The molecule has 0 aliphatic carbocycles. The molecule has 0 aliphatic heterocycles. The Morgan fingerprint density at radius 3 is 2.64 bits per heavy atom. The minimum Gasteiger partial charge on any atom is -0.463 e. The van der Waals surface area contributed by atoms with Gasteiger partial charge in [0.25, 0.3) is 0 Å². The molecule has 0 atom stereocenters. The van der Waals surface area contributed by atoms with Gasteiger partial charge in [-0.05, 0) is 0 Å². The van der Waals surface area contributed by atoms with Crippen molar-refractivity contribution in [1.29, 1.82) is 0 Å². The van der Waals surface area contributed by atoms with Gasteiger partial charge in [0, 0.05) is 6.42 Å². The molecular formula is C7H14O4. The second kappa shape index (κ2) is 7.50. The number of rotatable bonds is 6. The molecule has 0 saturated heterocycles. The monoisotopic (exact) mass is 162 g/mol. The second-order valence-electron chi connectivity index (χ2n) is 1.91. The van der Waals surface area contributed by atoms with Crippen LogP contribution in [0.25, 0.3) is 0 Å². The van der Waals surface area contributed by atoms with Crippen molar-refractivity contribution in [2.75, 3.05) is 26.4 Å². The summed E-state index contributed by atoms with van der Waals surface area (Å²) in [6.45, 7) is 2.65. The Morgan fingerprint density at radius 1 is 1.36 bits per heavy atom. The summed E-state index contributed by atoms with van der Waals surface area (Å²) < 4.78 is 9.54. The standard InChI is InChI=1S/C7H14O4/c1-2-7(9)11-6-5-10-4-3-8/h8H,2-6H2,1H3. The molecule has 1 N–H and O–H groups in total. The van der Waals surface area contributed by atoms with E-state index in [2.05, 4.69) is 0 Å². The van der Waals surface area contributed by atoms with Crippen LogP contribution in [0.4, 0.5) is 0 Å². The third-order valence-electron chi connectivity index (χ3n) is 1.02. The quantitative estimate of drug-likeness (QED) is 0.439. The van der Waals surface area contributed by atoms with Crippen LogP contribution in [0.1, 0.15) is 13.3 Å². The van der Waals surface area contributed by atoms with E-state index in [1.54, 1.807) is 6.92 Å². The average Bonchev–Trinajstić information content (AvgIpc) is 2.04. The van der Waals surface area contributed by atoms with Crippen LogP contribution >= 0.6 is 0 Å². The van der Waals surface area contributed by atoms with E-state index >= 15 is 0 Å². The van der Waals surface area contributed by atoms with Gasteiger partial charge in [-0.2, -0.15) is 0 Å². The van der Waals surface area contributed by atoms with E-state index in [0.717, 1.165) is 0 Å². The van der Waals surface area contributed by atoms with Gasteiger partial charge in [-0.3, -0.25) is 4.79 Å². The highest BCUT2D eigenvalue weighted by Gasteiger charge is 1.96. The maximum absolute atomic E-state index is 10.5. The van der Waals surface area contributed by atoms with Gasteiger partial charge in [0.2, 0.25) is 0 Å². The normalized spacial score (nSPS) is 9.64. The highest BCUT2D eigenvalue weighted by Crippen LogP contribution is 1.84. The summed E-state index contributed by atoms with van der Waals surface area (Å²) >= 11 is 0. The fourth-order valence-electron chi connectivity index (χ4n) is 0.483. The van der Waals surface area contributed by atoms with E-state index < -0.39 is 0 Å². The lowest BCUT2D eigenvalue weighted by atomic mass is 10.5. The van der Waals surface area contributed by atoms with Gasteiger partial charge in [-0.15, -0.1) is 0 Å². The molecular weight excluding hydrogens is 148 g/mol. The number of hydrogen-bond donors (Lipinski definition) is 1. The Labute approximate surface area is 66.1 Å². The van der Waals surface area contributed by atoms with Crippen LogP contribution in [0.5, 0.6) is 0 Å². The summed E-state index contributed by atoms with van der Waals surface area (Å²) in [7, 11) is 0. The van der Waals surface area contributed by atoms with Crippen LogP contribution < -0.4 is 0 Å². The van der Waals surface area contributed by atoms with E-state index in [9.17, 15) is 4.79 Å². The topological polar surface area (TPSA) is 55.8 Å². The molecule has 0 aromatic carbocycles. The molecule has 0 bridgehead atoms. The van der Waals surface area contributed by atoms with E-state index in [1.807, 2.05) is 0 Å².